The molecule has 0 aromatic rings. The van der Waals surface area contributed by atoms with Crippen LogP contribution < -0.4 is 5.32 Å². The molecule has 0 fully saturated rings. The molecule has 6 heteroatoms. The fourth-order valence-corrected chi connectivity index (χ4v) is 11.6. The van der Waals surface area contributed by atoms with Gasteiger partial charge >= 0.3 is 5.97 Å². The highest BCUT2D eigenvalue weighted by atomic mass is 16.5. The topological polar surface area (TPSA) is 95.9 Å². The Kier molecular flexibility index (Phi) is 66.9. The molecule has 1 amide bonds. The fraction of sp³-hybridized carbons (Fsp3) is 0.944. The van der Waals surface area contributed by atoms with Crippen molar-refractivity contribution >= 4 is 11.9 Å². The number of rotatable bonds is 68. The number of ether oxygens (including phenoxy) is 1. The van der Waals surface area contributed by atoms with E-state index in [1.165, 1.54) is 340 Å². The number of carbonyl (C=O) groups excluding carboxylic acids is 2. The van der Waals surface area contributed by atoms with Crippen molar-refractivity contribution in [1.29, 1.82) is 0 Å². The Hall–Kier alpha value is -1.40. The highest BCUT2D eigenvalue weighted by Gasteiger charge is 2.20. The smallest absolute Gasteiger partial charge is 0.305 e. The SMILES string of the molecule is CCCCCCCCCCCCCCCCCCCCCCCC(O)C(CO)NC(=O)CCCCCCCCCCCCCC/C=C\CCCCCCCCCCCCCCOC(=O)CCCCCCCCCCCCCC. The minimum Gasteiger partial charge on any atom is -0.466 e. The molecule has 0 aromatic heterocycles. The van der Waals surface area contributed by atoms with Crippen molar-refractivity contribution in [3.05, 3.63) is 12.2 Å². The molecule has 0 heterocycles. The Morgan fingerprint density at radius 3 is 0.910 bits per heavy atom. The van der Waals surface area contributed by atoms with E-state index in [1.807, 2.05) is 0 Å². The van der Waals surface area contributed by atoms with Crippen LogP contribution >= 0.6 is 0 Å². The number of carbonyl (C=O) groups is 2. The molecule has 2 atom stereocenters. The van der Waals surface area contributed by atoms with E-state index in [1.54, 1.807) is 0 Å². The van der Waals surface area contributed by atoms with Gasteiger partial charge in [0.25, 0.3) is 0 Å². The van der Waals surface area contributed by atoms with Gasteiger partial charge in [-0.3, -0.25) is 9.59 Å². The lowest BCUT2D eigenvalue weighted by Gasteiger charge is -2.22. The lowest BCUT2D eigenvalue weighted by molar-refractivity contribution is -0.143. The van der Waals surface area contributed by atoms with Gasteiger partial charge in [-0.2, -0.15) is 0 Å². The first kappa shape index (κ1) is 76.6. The van der Waals surface area contributed by atoms with Gasteiger partial charge in [-0.1, -0.05) is 360 Å². The first-order valence-electron chi connectivity index (χ1n) is 35.9. The summed E-state index contributed by atoms with van der Waals surface area (Å²) in [6, 6.07) is -0.542. The Morgan fingerprint density at radius 2 is 0.603 bits per heavy atom. The quantitative estimate of drug-likeness (QED) is 0.0320. The summed E-state index contributed by atoms with van der Waals surface area (Å²) in [6.45, 7) is 5.00. The third-order valence-corrected chi connectivity index (χ3v) is 17.1. The molecule has 2 unspecified atom stereocenters. The summed E-state index contributed by atoms with van der Waals surface area (Å²) in [5.74, 6) is -0.0123. The van der Waals surface area contributed by atoms with Crippen LogP contribution in [-0.4, -0.2) is 47.4 Å². The van der Waals surface area contributed by atoms with Crippen molar-refractivity contribution < 1.29 is 24.5 Å². The van der Waals surface area contributed by atoms with Crippen LogP contribution in [0.15, 0.2) is 12.2 Å². The minimum atomic E-state index is -0.665. The van der Waals surface area contributed by atoms with Gasteiger partial charge < -0.3 is 20.3 Å². The van der Waals surface area contributed by atoms with Crippen LogP contribution in [0.5, 0.6) is 0 Å². The Labute approximate surface area is 489 Å². The molecule has 0 aliphatic carbocycles. The monoisotopic (exact) mass is 1100 g/mol. The molecule has 0 rings (SSSR count). The van der Waals surface area contributed by atoms with Gasteiger partial charge in [0.15, 0.2) is 0 Å². The molecule has 6 nitrogen and oxygen atoms in total. The lowest BCUT2D eigenvalue weighted by atomic mass is 10.0. The summed E-state index contributed by atoms with van der Waals surface area (Å²) in [6.07, 6.45) is 84.1. The van der Waals surface area contributed by atoms with Gasteiger partial charge in [-0.15, -0.1) is 0 Å². The molecule has 0 aromatic carbocycles. The standard InChI is InChI=1S/C72H141NO5/c1-3-5-7-9-11-13-15-17-18-19-20-29-32-35-38-41-44-48-52-56-60-64-70(75)69(68-74)73-71(76)65-61-57-53-49-45-42-39-36-33-30-27-25-23-21-22-24-26-28-31-34-37-40-43-47-51-55-59-63-67-78-72(77)66-62-58-54-50-46-16-14-12-10-8-6-4-2/h21-22,69-70,74-75H,3-20,23-68H2,1-2H3,(H,73,76)/b22-21-. The van der Waals surface area contributed by atoms with Crippen molar-refractivity contribution in [2.45, 2.75) is 424 Å². The number of aliphatic hydroxyl groups excluding tert-OH is 2. The van der Waals surface area contributed by atoms with E-state index in [0.717, 1.165) is 38.5 Å². The number of esters is 1. The van der Waals surface area contributed by atoms with Crippen molar-refractivity contribution in [1.82, 2.24) is 5.32 Å². The molecule has 0 saturated heterocycles. The highest BCUT2D eigenvalue weighted by Crippen LogP contribution is 2.19. The molecule has 0 aliphatic rings. The first-order valence-corrected chi connectivity index (χ1v) is 35.9. The molecular weight excluding hydrogens is 959 g/mol. The molecule has 0 bridgehead atoms. The normalized spacial score (nSPS) is 12.5. The van der Waals surface area contributed by atoms with E-state index in [0.29, 0.717) is 25.9 Å². The van der Waals surface area contributed by atoms with Crippen LogP contribution in [0.3, 0.4) is 0 Å². The molecule has 0 radical (unpaired) electrons. The maximum atomic E-state index is 12.5. The number of aliphatic hydroxyl groups is 2. The van der Waals surface area contributed by atoms with Gasteiger partial charge in [-0.25, -0.2) is 0 Å². The number of hydrogen-bond donors (Lipinski definition) is 3. The summed E-state index contributed by atoms with van der Waals surface area (Å²) in [7, 11) is 0. The summed E-state index contributed by atoms with van der Waals surface area (Å²) in [5, 5.41) is 23.4. The highest BCUT2D eigenvalue weighted by molar-refractivity contribution is 5.76. The van der Waals surface area contributed by atoms with Crippen LogP contribution in [0.2, 0.25) is 0 Å². The number of nitrogens with one attached hydrogen (secondary N) is 1. The van der Waals surface area contributed by atoms with E-state index in [9.17, 15) is 19.8 Å². The van der Waals surface area contributed by atoms with Crippen LogP contribution in [0, 0.1) is 0 Å². The molecule has 0 spiro atoms. The predicted octanol–water partition coefficient (Wildman–Crippen LogP) is 23.1. The average Bonchev–Trinajstić information content (AvgIpc) is 3.44. The predicted molar refractivity (Wildman–Crippen MR) is 343 cm³/mol. The largest absolute Gasteiger partial charge is 0.466 e. The van der Waals surface area contributed by atoms with Gasteiger partial charge in [0.2, 0.25) is 5.91 Å². The number of unbranched alkanes of at least 4 members (excludes halogenated alkanes) is 55. The van der Waals surface area contributed by atoms with E-state index in [4.69, 9.17) is 4.74 Å². The maximum absolute atomic E-state index is 12.5. The molecule has 0 aliphatic heterocycles. The van der Waals surface area contributed by atoms with Crippen LogP contribution in [-0.2, 0) is 14.3 Å². The van der Waals surface area contributed by atoms with Gasteiger partial charge in [-0.05, 0) is 51.4 Å². The summed E-state index contributed by atoms with van der Waals surface area (Å²) >= 11 is 0. The second-order valence-corrected chi connectivity index (χ2v) is 24.9. The Bertz CT molecular complexity index is 1180. The summed E-state index contributed by atoms with van der Waals surface area (Å²) in [4.78, 5) is 24.6. The van der Waals surface area contributed by atoms with Crippen molar-refractivity contribution in [2.24, 2.45) is 0 Å². The molecule has 464 valence electrons. The third kappa shape index (κ3) is 63.8. The zero-order valence-corrected chi connectivity index (χ0v) is 53.2. The third-order valence-electron chi connectivity index (χ3n) is 17.1. The van der Waals surface area contributed by atoms with Gasteiger partial charge in [0.1, 0.15) is 0 Å². The Balaban J connectivity index is 3.37. The van der Waals surface area contributed by atoms with Crippen LogP contribution in [0.4, 0.5) is 0 Å². The number of hydrogen-bond acceptors (Lipinski definition) is 5. The van der Waals surface area contributed by atoms with Crippen LogP contribution in [0.25, 0.3) is 0 Å². The summed E-state index contributed by atoms with van der Waals surface area (Å²) in [5.41, 5.74) is 0. The first-order chi connectivity index (χ1) is 38.5. The fourth-order valence-electron chi connectivity index (χ4n) is 11.6. The second-order valence-electron chi connectivity index (χ2n) is 24.9. The van der Waals surface area contributed by atoms with E-state index in [2.05, 4.69) is 31.3 Å². The van der Waals surface area contributed by atoms with Crippen molar-refractivity contribution in [2.75, 3.05) is 13.2 Å². The Morgan fingerprint density at radius 1 is 0.346 bits per heavy atom. The molecule has 3 N–H and O–H groups in total. The lowest BCUT2D eigenvalue weighted by Crippen LogP contribution is -2.45. The van der Waals surface area contributed by atoms with Crippen LogP contribution in [0.1, 0.15) is 412 Å². The van der Waals surface area contributed by atoms with Gasteiger partial charge in [0.05, 0.1) is 25.4 Å². The zero-order valence-electron chi connectivity index (χ0n) is 53.2. The minimum absolute atomic E-state index is 0.0176. The summed E-state index contributed by atoms with van der Waals surface area (Å²) < 4.78 is 5.48. The average molecular weight is 1100 g/mol. The van der Waals surface area contributed by atoms with Crippen molar-refractivity contribution in [3.63, 3.8) is 0 Å². The molecule has 78 heavy (non-hydrogen) atoms. The van der Waals surface area contributed by atoms with Gasteiger partial charge in [0, 0.05) is 12.8 Å². The number of amides is 1. The number of allylic oxidation sites excluding steroid dienone is 2. The zero-order chi connectivity index (χ0) is 56.4. The van der Waals surface area contributed by atoms with Crippen molar-refractivity contribution in [3.8, 4) is 0 Å². The molecule has 0 saturated carbocycles. The molecular formula is C72H141NO5. The maximum Gasteiger partial charge on any atom is 0.305 e. The van der Waals surface area contributed by atoms with E-state index < -0.39 is 12.1 Å². The second kappa shape index (κ2) is 68.1. The van der Waals surface area contributed by atoms with E-state index in [-0.39, 0.29) is 18.5 Å². The van der Waals surface area contributed by atoms with E-state index >= 15 is 0 Å².